The Morgan fingerprint density at radius 2 is 1.19 bits per heavy atom. The van der Waals surface area contributed by atoms with Gasteiger partial charge in [-0.05, 0) is 85.3 Å². The average Bonchev–Trinajstić information content (AvgIpc) is 3.04. The van der Waals surface area contributed by atoms with E-state index in [0.717, 1.165) is 42.6 Å². The lowest BCUT2D eigenvalue weighted by Gasteiger charge is -2.09. The third-order valence-electron chi connectivity index (χ3n) is 6.13. The molecule has 0 aliphatic carbocycles. The molecule has 0 saturated heterocycles. The maximum absolute atomic E-state index is 12.6. The van der Waals surface area contributed by atoms with Crippen molar-refractivity contribution in [2.24, 2.45) is 0 Å². The normalized spacial score (nSPS) is 10.3. The number of aliphatic hydroxyl groups excluding tert-OH is 1. The van der Waals surface area contributed by atoms with Gasteiger partial charge in [-0.15, -0.1) is 0 Å². The van der Waals surface area contributed by atoms with Gasteiger partial charge in [0.1, 0.15) is 30.5 Å². The lowest BCUT2D eigenvalue weighted by molar-refractivity contribution is -0.140. The van der Waals surface area contributed by atoms with Gasteiger partial charge in [0.25, 0.3) is 0 Å². The minimum absolute atomic E-state index is 0.00410. The molecule has 0 aliphatic heterocycles. The number of unbranched alkanes of at least 4 members (excludes halogenated alkanes) is 3. The summed E-state index contributed by atoms with van der Waals surface area (Å²) >= 11 is 0. The second-order valence-electron chi connectivity index (χ2n) is 9.34. The van der Waals surface area contributed by atoms with Crippen molar-refractivity contribution < 1.29 is 43.2 Å². The van der Waals surface area contributed by atoms with Crippen LogP contribution in [0.25, 0.3) is 11.1 Å². The van der Waals surface area contributed by atoms with E-state index in [-0.39, 0.29) is 24.8 Å². The van der Waals surface area contributed by atoms with Gasteiger partial charge in [-0.2, -0.15) is 0 Å². The van der Waals surface area contributed by atoms with E-state index in [4.69, 9.17) is 28.8 Å². The fourth-order valence-electron chi connectivity index (χ4n) is 3.75. The van der Waals surface area contributed by atoms with Gasteiger partial charge in [0.2, 0.25) is 0 Å². The highest BCUT2D eigenvalue weighted by Crippen LogP contribution is 2.25. The molecule has 0 atom stereocenters. The molecule has 0 heterocycles. The van der Waals surface area contributed by atoms with Crippen LogP contribution in [0.15, 0.2) is 97.6 Å². The molecule has 0 unspecified atom stereocenters. The van der Waals surface area contributed by atoms with Crippen LogP contribution in [-0.4, -0.2) is 56.0 Å². The molecule has 0 radical (unpaired) electrons. The van der Waals surface area contributed by atoms with Crippen LogP contribution in [0.5, 0.6) is 17.2 Å². The first-order chi connectivity index (χ1) is 20.9. The summed E-state index contributed by atoms with van der Waals surface area (Å²) in [7, 11) is 0. The van der Waals surface area contributed by atoms with E-state index < -0.39 is 18.5 Å². The number of ether oxygens (including phenoxy) is 5. The molecule has 3 aromatic carbocycles. The van der Waals surface area contributed by atoms with Gasteiger partial charge in [0, 0.05) is 6.08 Å². The number of esters is 3. The van der Waals surface area contributed by atoms with Crippen LogP contribution in [0.2, 0.25) is 0 Å². The zero-order valence-corrected chi connectivity index (χ0v) is 24.0. The maximum atomic E-state index is 12.6. The molecule has 1 N–H and O–H groups in total. The lowest BCUT2D eigenvalue weighted by atomic mass is 10.1. The summed E-state index contributed by atoms with van der Waals surface area (Å²) in [5, 5.41) is 8.85. The topological polar surface area (TPSA) is 118 Å². The average molecular weight is 589 g/mol. The van der Waals surface area contributed by atoms with Gasteiger partial charge >= 0.3 is 17.9 Å². The van der Waals surface area contributed by atoms with E-state index in [0.29, 0.717) is 30.3 Å². The molecule has 0 bridgehead atoms. The highest BCUT2D eigenvalue weighted by molar-refractivity contribution is 5.91. The summed E-state index contributed by atoms with van der Waals surface area (Å²) in [6.07, 6.45) is 4.86. The quantitative estimate of drug-likeness (QED) is 0.0863. The van der Waals surface area contributed by atoms with Crippen molar-refractivity contribution in [1.82, 2.24) is 0 Å². The van der Waals surface area contributed by atoms with E-state index in [1.54, 1.807) is 36.4 Å². The predicted octanol–water partition coefficient (Wildman–Crippen LogP) is 5.71. The maximum Gasteiger partial charge on any atom is 0.343 e. The first-order valence-electron chi connectivity index (χ1n) is 13.9. The Kier molecular flexibility index (Phi) is 13.5. The molecular formula is C34H36O9. The van der Waals surface area contributed by atoms with Crippen LogP contribution in [0.3, 0.4) is 0 Å². The van der Waals surface area contributed by atoms with Crippen molar-refractivity contribution in [3.8, 4) is 28.4 Å². The first kappa shape index (κ1) is 32.6. The van der Waals surface area contributed by atoms with Crippen LogP contribution in [0.4, 0.5) is 0 Å². The van der Waals surface area contributed by atoms with Gasteiger partial charge in [-0.25, -0.2) is 14.4 Å². The molecule has 226 valence electrons. The second-order valence-corrected chi connectivity index (χ2v) is 9.34. The van der Waals surface area contributed by atoms with Gasteiger partial charge < -0.3 is 28.8 Å². The predicted molar refractivity (Wildman–Crippen MR) is 161 cm³/mol. The van der Waals surface area contributed by atoms with Crippen molar-refractivity contribution in [1.29, 1.82) is 0 Å². The van der Waals surface area contributed by atoms with Crippen LogP contribution in [0.1, 0.15) is 36.0 Å². The number of hydrogen-bond donors (Lipinski definition) is 1. The summed E-state index contributed by atoms with van der Waals surface area (Å²) < 4.78 is 26.7. The minimum atomic E-state index is -0.678. The number of aliphatic hydroxyl groups is 1. The Morgan fingerprint density at radius 1 is 0.651 bits per heavy atom. The molecule has 0 saturated carbocycles. The number of carbonyl (C=O) groups excluding carboxylic acids is 3. The summed E-state index contributed by atoms with van der Waals surface area (Å²) in [4.78, 5) is 35.0. The Bertz CT molecular complexity index is 1340. The van der Waals surface area contributed by atoms with E-state index in [2.05, 4.69) is 13.2 Å². The molecule has 0 spiro atoms. The first-order valence-corrected chi connectivity index (χ1v) is 13.9. The van der Waals surface area contributed by atoms with Crippen molar-refractivity contribution in [2.45, 2.75) is 25.7 Å². The highest BCUT2D eigenvalue weighted by atomic mass is 16.6. The molecular weight excluding hydrogens is 552 g/mol. The molecule has 0 aromatic heterocycles. The fraction of sp³-hybridized carbons (Fsp3) is 0.265. The summed E-state index contributed by atoms with van der Waals surface area (Å²) in [6.45, 7) is 7.42. The largest absolute Gasteiger partial charge is 0.494 e. The van der Waals surface area contributed by atoms with Crippen LogP contribution >= 0.6 is 0 Å². The summed E-state index contributed by atoms with van der Waals surface area (Å²) in [5.41, 5.74) is 2.30. The third-order valence-corrected chi connectivity index (χ3v) is 6.13. The Balaban J connectivity index is 1.37. The van der Waals surface area contributed by atoms with Crippen molar-refractivity contribution in [3.63, 3.8) is 0 Å². The molecule has 0 aliphatic rings. The Morgan fingerprint density at radius 3 is 1.77 bits per heavy atom. The van der Waals surface area contributed by atoms with E-state index >= 15 is 0 Å². The Hall–Kier alpha value is -4.89. The summed E-state index contributed by atoms with van der Waals surface area (Å²) in [5.74, 6) is 0.129. The highest BCUT2D eigenvalue weighted by Gasteiger charge is 2.10. The Labute approximate surface area is 251 Å². The van der Waals surface area contributed by atoms with Gasteiger partial charge in [-0.3, -0.25) is 0 Å². The van der Waals surface area contributed by atoms with Gasteiger partial charge in [0.15, 0.2) is 0 Å². The number of carbonyl (C=O) groups is 3. The molecule has 0 amide bonds. The lowest BCUT2D eigenvalue weighted by Crippen LogP contribution is -2.15. The zero-order valence-electron chi connectivity index (χ0n) is 24.0. The number of rotatable bonds is 18. The second kappa shape index (κ2) is 17.8. The minimum Gasteiger partial charge on any atom is -0.494 e. The van der Waals surface area contributed by atoms with Gasteiger partial charge in [0.05, 0.1) is 31.0 Å². The van der Waals surface area contributed by atoms with E-state index in [9.17, 15) is 14.4 Å². The number of hydrogen-bond acceptors (Lipinski definition) is 9. The van der Waals surface area contributed by atoms with Crippen molar-refractivity contribution >= 4 is 17.9 Å². The monoisotopic (exact) mass is 588 g/mol. The molecule has 9 heteroatoms. The van der Waals surface area contributed by atoms with Crippen LogP contribution in [-0.2, 0) is 19.1 Å². The zero-order chi connectivity index (χ0) is 30.9. The third kappa shape index (κ3) is 11.5. The van der Waals surface area contributed by atoms with E-state index in [1.807, 2.05) is 36.4 Å². The molecule has 0 fully saturated rings. The van der Waals surface area contributed by atoms with E-state index in [1.165, 1.54) is 6.08 Å². The fourth-order valence-corrected chi connectivity index (χ4v) is 3.75. The number of benzene rings is 3. The van der Waals surface area contributed by atoms with Crippen LogP contribution in [0, 0.1) is 0 Å². The van der Waals surface area contributed by atoms with Gasteiger partial charge in [-0.1, -0.05) is 37.4 Å². The van der Waals surface area contributed by atoms with Crippen molar-refractivity contribution in [2.75, 3.05) is 33.0 Å². The molecule has 43 heavy (non-hydrogen) atoms. The standard InChI is InChI=1S/C34H36O9/c1-3-32(36)41-21-7-5-4-6-20-39-29-14-8-26(9-15-29)27-10-18-31(19-11-27)43-34(38)28-12-16-30(17-13-28)40-22-23-42-33(37)25(2)24-35/h3,8-19,35H,1-2,4-7,20-24H2. The molecule has 3 rings (SSSR count). The van der Waals surface area contributed by atoms with Crippen molar-refractivity contribution in [3.05, 3.63) is 103 Å². The molecule has 9 nitrogen and oxygen atoms in total. The molecule has 3 aromatic rings. The SMILES string of the molecule is C=CC(=O)OCCCCCCOc1ccc(-c2ccc(OC(=O)c3ccc(OCCOC(=O)C(=C)CO)cc3)cc2)cc1. The summed E-state index contributed by atoms with van der Waals surface area (Å²) in [6, 6.07) is 21.4. The van der Waals surface area contributed by atoms with Crippen LogP contribution < -0.4 is 14.2 Å². The smallest absolute Gasteiger partial charge is 0.343 e.